The van der Waals surface area contributed by atoms with Gasteiger partial charge in [0.2, 0.25) is 11.8 Å². The summed E-state index contributed by atoms with van der Waals surface area (Å²) in [6, 6.07) is 9.34. The Bertz CT molecular complexity index is 904. The zero-order valence-electron chi connectivity index (χ0n) is 13.6. The maximum atomic E-state index is 12.7. The third-order valence-corrected chi connectivity index (χ3v) is 5.31. The average Bonchev–Trinajstić information content (AvgIpc) is 2.51. The van der Waals surface area contributed by atoms with Crippen molar-refractivity contribution < 1.29 is 18.0 Å². The fourth-order valence-electron chi connectivity index (χ4n) is 2.81. The van der Waals surface area contributed by atoms with E-state index in [2.05, 4.69) is 0 Å². The van der Waals surface area contributed by atoms with Gasteiger partial charge in [-0.05, 0) is 40.8 Å². The molecule has 0 fully saturated rings. The molecule has 7 heteroatoms. The van der Waals surface area contributed by atoms with Gasteiger partial charge in [-0.25, -0.2) is 13.1 Å². The highest BCUT2D eigenvalue weighted by Gasteiger charge is 2.25. The van der Waals surface area contributed by atoms with E-state index in [0.717, 1.165) is 10.8 Å². The molecular formula is C17H20N2O4S. The van der Waals surface area contributed by atoms with Crippen LogP contribution in [0.15, 0.2) is 35.2 Å². The first-order valence-electron chi connectivity index (χ1n) is 7.67. The second kappa shape index (κ2) is 7.00. The summed E-state index contributed by atoms with van der Waals surface area (Å²) in [5, 5.41) is 1.79. The lowest BCUT2D eigenvalue weighted by Crippen LogP contribution is -2.34. The molecule has 0 heterocycles. The van der Waals surface area contributed by atoms with Gasteiger partial charge in [0.1, 0.15) is 6.42 Å². The van der Waals surface area contributed by atoms with Gasteiger partial charge < -0.3 is 5.73 Å². The molecule has 0 aliphatic heterocycles. The molecular weight excluding hydrogens is 328 g/mol. The van der Waals surface area contributed by atoms with Crippen molar-refractivity contribution in [3.63, 3.8) is 0 Å². The van der Waals surface area contributed by atoms with Crippen LogP contribution >= 0.6 is 0 Å². The molecule has 2 aromatic carbocycles. The number of benzene rings is 2. The molecule has 0 radical (unpaired) electrons. The number of fused-ring (bicyclic) bond motifs is 1. The third kappa shape index (κ3) is 3.56. The molecule has 0 bridgehead atoms. The van der Waals surface area contributed by atoms with E-state index in [1.165, 1.54) is 0 Å². The number of primary amides is 1. The number of amides is 2. The van der Waals surface area contributed by atoms with Gasteiger partial charge in [0.05, 0.1) is 4.90 Å². The molecule has 2 aromatic rings. The number of nitrogens with two attached hydrogens (primary N) is 1. The molecule has 0 saturated heterocycles. The summed E-state index contributed by atoms with van der Waals surface area (Å²) >= 11 is 0. The predicted molar refractivity (Wildman–Crippen MR) is 91.8 cm³/mol. The Morgan fingerprint density at radius 1 is 1.12 bits per heavy atom. The minimum atomic E-state index is -4.09. The highest BCUT2D eigenvalue weighted by Crippen LogP contribution is 2.30. The summed E-state index contributed by atoms with van der Waals surface area (Å²) in [7, 11) is -4.09. The predicted octanol–water partition coefficient (Wildman–Crippen LogP) is 1.64. The lowest BCUT2D eigenvalue weighted by molar-refractivity contribution is -0.126. The first-order valence-corrected chi connectivity index (χ1v) is 9.15. The first-order chi connectivity index (χ1) is 11.3. The molecule has 6 nitrogen and oxygen atoms in total. The van der Waals surface area contributed by atoms with Gasteiger partial charge in [-0.15, -0.1) is 0 Å². The van der Waals surface area contributed by atoms with Crippen LogP contribution in [0.1, 0.15) is 31.4 Å². The number of hydrogen-bond acceptors (Lipinski definition) is 4. The topological polar surface area (TPSA) is 106 Å². The van der Waals surface area contributed by atoms with Crippen LogP contribution in [-0.2, 0) is 32.5 Å². The van der Waals surface area contributed by atoms with Crippen LogP contribution in [0, 0.1) is 0 Å². The summed E-state index contributed by atoms with van der Waals surface area (Å²) < 4.78 is 27.4. The Hall–Kier alpha value is -2.41. The standard InChI is InChI=1S/C17H20N2O4S/c1-3-11-9-12-7-5-6-8-14(12)13(4-2)17(11)24(22,23)19-16(21)10-15(18)20/h5-9H,3-4,10H2,1-2H3,(H2,18,20)(H,19,21). The zero-order chi connectivity index (χ0) is 17.9. The minimum absolute atomic E-state index is 0.115. The van der Waals surface area contributed by atoms with Crippen molar-refractivity contribution in [2.45, 2.75) is 38.0 Å². The summed E-state index contributed by atoms with van der Waals surface area (Å²) in [4.78, 5) is 22.6. The van der Waals surface area contributed by atoms with Crippen LogP contribution in [0.2, 0.25) is 0 Å². The Morgan fingerprint density at radius 2 is 1.79 bits per heavy atom. The van der Waals surface area contributed by atoms with Gasteiger partial charge in [0, 0.05) is 0 Å². The fourth-order valence-corrected chi connectivity index (χ4v) is 4.41. The molecule has 24 heavy (non-hydrogen) atoms. The summed E-state index contributed by atoms with van der Waals surface area (Å²) in [6.07, 6.45) is 0.322. The number of nitrogens with one attached hydrogen (secondary N) is 1. The molecule has 0 atom stereocenters. The van der Waals surface area contributed by atoms with Gasteiger partial charge in [-0.3, -0.25) is 9.59 Å². The number of aryl methyl sites for hydroxylation is 2. The number of sulfonamides is 1. The van der Waals surface area contributed by atoms with Crippen LogP contribution in [0.3, 0.4) is 0 Å². The van der Waals surface area contributed by atoms with Gasteiger partial charge in [-0.1, -0.05) is 38.1 Å². The van der Waals surface area contributed by atoms with Gasteiger partial charge in [0.25, 0.3) is 10.0 Å². The number of carbonyl (C=O) groups is 2. The average molecular weight is 348 g/mol. The fraction of sp³-hybridized carbons (Fsp3) is 0.294. The Labute approximate surface area is 141 Å². The van der Waals surface area contributed by atoms with E-state index in [-0.39, 0.29) is 4.90 Å². The summed E-state index contributed by atoms with van der Waals surface area (Å²) in [6.45, 7) is 3.72. The van der Waals surface area contributed by atoms with Crippen molar-refractivity contribution in [2.75, 3.05) is 0 Å². The highest BCUT2D eigenvalue weighted by molar-refractivity contribution is 7.90. The monoisotopic (exact) mass is 348 g/mol. The Balaban J connectivity index is 2.65. The van der Waals surface area contributed by atoms with E-state index in [1.807, 2.05) is 48.9 Å². The SMILES string of the molecule is CCc1cc2ccccc2c(CC)c1S(=O)(=O)NC(=O)CC(N)=O. The molecule has 2 amide bonds. The first kappa shape index (κ1) is 17.9. The molecule has 0 aliphatic rings. The van der Waals surface area contributed by atoms with E-state index in [9.17, 15) is 18.0 Å². The number of rotatable bonds is 6. The van der Waals surface area contributed by atoms with E-state index in [0.29, 0.717) is 24.0 Å². The molecule has 2 rings (SSSR count). The summed E-state index contributed by atoms with van der Waals surface area (Å²) in [5.74, 6) is -1.81. The van der Waals surface area contributed by atoms with E-state index in [4.69, 9.17) is 5.73 Å². The smallest absolute Gasteiger partial charge is 0.264 e. The van der Waals surface area contributed by atoms with Crippen LogP contribution in [0.5, 0.6) is 0 Å². The molecule has 128 valence electrons. The lowest BCUT2D eigenvalue weighted by atomic mass is 9.98. The van der Waals surface area contributed by atoms with E-state index < -0.39 is 28.3 Å². The van der Waals surface area contributed by atoms with Crippen molar-refractivity contribution in [1.82, 2.24) is 4.72 Å². The number of hydrogen-bond donors (Lipinski definition) is 2. The van der Waals surface area contributed by atoms with E-state index >= 15 is 0 Å². The molecule has 0 unspecified atom stereocenters. The molecule has 0 saturated carbocycles. The quantitative estimate of drug-likeness (QED) is 0.774. The van der Waals surface area contributed by atoms with Crippen molar-refractivity contribution in [2.24, 2.45) is 5.73 Å². The second-order valence-electron chi connectivity index (χ2n) is 5.44. The Morgan fingerprint density at radius 3 is 2.38 bits per heavy atom. The van der Waals surface area contributed by atoms with Crippen LogP contribution in [0.4, 0.5) is 0 Å². The Kier molecular flexibility index (Phi) is 5.23. The summed E-state index contributed by atoms with van der Waals surface area (Å²) in [5.41, 5.74) is 6.23. The zero-order valence-corrected chi connectivity index (χ0v) is 14.4. The van der Waals surface area contributed by atoms with Crippen molar-refractivity contribution in [3.8, 4) is 0 Å². The van der Waals surface area contributed by atoms with Crippen molar-refractivity contribution >= 4 is 32.6 Å². The van der Waals surface area contributed by atoms with E-state index in [1.54, 1.807) is 0 Å². The normalized spacial score (nSPS) is 11.4. The maximum absolute atomic E-state index is 12.7. The van der Waals surface area contributed by atoms with Gasteiger partial charge in [0.15, 0.2) is 0 Å². The molecule has 3 N–H and O–H groups in total. The third-order valence-electron chi connectivity index (χ3n) is 3.77. The lowest BCUT2D eigenvalue weighted by Gasteiger charge is -2.17. The number of carbonyl (C=O) groups excluding carboxylic acids is 2. The van der Waals surface area contributed by atoms with Crippen LogP contribution in [-0.4, -0.2) is 20.2 Å². The van der Waals surface area contributed by atoms with Crippen molar-refractivity contribution in [3.05, 3.63) is 41.5 Å². The van der Waals surface area contributed by atoms with Crippen molar-refractivity contribution in [1.29, 1.82) is 0 Å². The largest absolute Gasteiger partial charge is 0.369 e. The van der Waals surface area contributed by atoms with Crippen LogP contribution in [0.25, 0.3) is 10.8 Å². The minimum Gasteiger partial charge on any atom is -0.369 e. The van der Waals surface area contributed by atoms with Gasteiger partial charge >= 0.3 is 0 Å². The second-order valence-corrected chi connectivity index (χ2v) is 7.06. The highest BCUT2D eigenvalue weighted by atomic mass is 32.2. The molecule has 0 aliphatic carbocycles. The van der Waals surface area contributed by atoms with Gasteiger partial charge in [-0.2, -0.15) is 0 Å². The molecule has 0 aromatic heterocycles. The maximum Gasteiger partial charge on any atom is 0.264 e. The molecule has 0 spiro atoms. The van der Waals surface area contributed by atoms with Crippen LogP contribution < -0.4 is 10.5 Å².